The van der Waals surface area contributed by atoms with E-state index in [-0.39, 0.29) is 6.17 Å². The monoisotopic (exact) mass is 501 g/mol. The van der Waals surface area contributed by atoms with Crippen molar-refractivity contribution in [3.8, 4) is 16.9 Å². The van der Waals surface area contributed by atoms with E-state index >= 15 is 0 Å². The third kappa shape index (κ3) is 4.60. The Labute approximate surface area is 217 Å². The lowest BCUT2D eigenvalue weighted by Gasteiger charge is -2.28. The van der Waals surface area contributed by atoms with Crippen LogP contribution in [-0.2, 0) is 4.74 Å². The van der Waals surface area contributed by atoms with Crippen molar-refractivity contribution in [3.05, 3.63) is 53.6 Å². The Kier molecular flexibility index (Phi) is 6.61. The first-order valence-electron chi connectivity index (χ1n) is 13.2. The van der Waals surface area contributed by atoms with E-state index in [0.29, 0.717) is 19.1 Å². The van der Waals surface area contributed by atoms with Crippen molar-refractivity contribution in [2.75, 3.05) is 50.2 Å². The van der Waals surface area contributed by atoms with E-state index in [9.17, 15) is 0 Å². The number of methoxy groups -OCH3 is 1. The normalized spacial score (nSPS) is 20.8. The summed E-state index contributed by atoms with van der Waals surface area (Å²) in [6.45, 7) is 8.06. The van der Waals surface area contributed by atoms with E-state index in [1.54, 1.807) is 7.11 Å². The van der Waals surface area contributed by atoms with Crippen molar-refractivity contribution in [1.82, 2.24) is 15.5 Å². The molecule has 1 aromatic carbocycles. The number of pyridine rings is 1. The second-order valence-electron chi connectivity index (χ2n) is 10.3. The maximum absolute atomic E-state index is 6.56. The van der Waals surface area contributed by atoms with E-state index in [1.807, 2.05) is 20.0 Å². The van der Waals surface area contributed by atoms with Crippen LogP contribution in [-0.4, -0.2) is 56.3 Å². The third-order valence-corrected chi connectivity index (χ3v) is 7.66. The molecule has 1 saturated heterocycles. The van der Waals surface area contributed by atoms with Gasteiger partial charge in [-0.1, -0.05) is 29.0 Å². The van der Waals surface area contributed by atoms with Gasteiger partial charge in [-0.3, -0.25) is 4.98 Å². The van der Waals surface area contributed by atoms with Gasteiger partial charge in [-0.15, -0.1) is 0 Å². The van der Waals surface area contributed by atoms with Crippen LogP contribution in [0.5, 0.6) is 5.75 Å². The Morgan fingerprint density at radius 2 is 2.14 bits per heavy atom. The van der Waals surface area contributed by atoms with Crippen molar-refractivity contribution in [1.29, 1.82) is 0 Å². The van der Waals surface area contributed by atoms with E-state index in [0.717, 1.165) is 89.5 Å². The lowest BCUT2D eigenvalue weighted by atomic mass is 9.99. The zero-order valence-electron chi connectivity index (χ0n) is 21.8. The Morgan fingerprint density at radius 1 is 1.22 bits per heavy atom. The molecular weight excluding hydrogens is 466 g/mol. The van der Waals surface area contributed by atoms with Crippen molar-refractivity contribution < 1.29 is 14.0 Å². The zero-order chi connectivity index (χ0) is 25.4. The molecule has 0 saturated carbocycles. The molecule has 2 N–H and O–H groups in total. The van der Waals surface area contributed by atoms with Crippen LogP contribution >= 0.6 is 0 Å². The number of rotatable bonds is 8. The molecule has 0 amide bonds. The SMILES string of the molecule is COCC1Nc2cnc3cc(-c4c(C)noc4C)c(OCC4CCNC4)cc3c2N1CC1=CC=CCC1. The third-order valence-electron chi connectivity index (χ3n) is 7.66. The molecule has 1 aliphatic carbocycles. The summed E-state index contributed by atoms with van der Waals surface area (Å²) >= 11 is 0. The van der Waals surface area contributed by atoms with Crippen molar-refractivity contribution >= 4 is 22.3 Å². The minimum Gasteiger partial charge on any atom is -0.493 e. The maximum atomic E-state index is 6.56. The van der Waals surface area contributed by atoms with Crippen molar-refractivity contribution in [2.45, 2.75) is 39.3 Å². The fourth-order valence-corrected chi connectivity index (χ4v) is 5.76. The molecule has 0 bridgehead atoms. The first-order chi connectivity index (χ1) is 18.1. The van der Waals surface area contributed by atoms with Gasteiger partial charge in [0.1, 0.15) is 17.7 Å². The standard InChI is InChI=1S/C29H35N5O3/c1-18-28(19(2)37-33-18)23-11-24-22(12-26(23)36-16-21-9-10-30-13-21)29-25(14-31-24)32-27(17-35-3)34(29)15-20-7-5-4-6-8-20/h4-5,7,11-12,14,21,27,30,32H,6,8-10,13,15-17H2,1-3H3. The smallest absolute Gasteiger partial charge is 0.141 e. The number of ether oxygens (including phenoxy) is 2. The summed E-state index contributed by atoms with van der Waals surface area (Å²) in [6, 6.07) is 4.30. The van der Waals surface area contributed by atoms with E-state index in [2.05, 4.69) is 51.1 Å². The van der Waals surface area contributed by atoms with Crippen LogP contribution in [0.2, 0.25) is 0 Å². The molecule has 8 nitrogen and oxygen atoms in total. The highest BCUT2D eigenvalue weighted by atomic mass is 16.5. The largest absolute Gasteiger partial charge is 0.493 e. The molecular formula is C29H35N5O3. The molecule has 1 fully saturated rings. The molecule has 194 valence electrons. The van der Waals surface area contributed by atoms with E-state index in [1.165, 1.54) is 5.57 Å². The molecule has 6 rings (SSSR count). The molecule has 3 aliphatic rings. The number of aromatic nitrogens is 2. The Morgan fingerprint density at radius 3 is 2.86 bits per heavy atom. The van der Waals surface area contributed by atoms with E-state index < -0.39 is 0 Å². The zero-order valence-corrected chi connectivity index (χ0v) is 21.8. The molecule has 0 spiro atoms. The van der Waals surface area contributed by atoms with Gasteiger partial charge in [-0.2, -0.15) is 0 Å². The van der Waals surface area contributed by atoms with Crippen LogP contribution < -0.4 is 20.3 Å². The Balaban J connectivity index is 1.46. The Bertz CT molecular complexity index is 1340. The minimum atomic E-state index is 0.0374. The number of hydrogen-bond acceptors (Lipinski definition) is 8. The van der Waals surface area contributed by atoms with Gasteiger partial charge in [0, 0.05) is 37.1 Å². The summed E-state index contributed by atoms with van der Waals surface area (Å²) < 4.78 is 17.7. The molecule has 3 aromatic rings. The summed E-state index contributed by atoms with van der Waals surface area (Å²) in [5.41, 5.74) is 7.33. The van der Waals surface area contributed by atoms with Crippen LogP contribution in [0.15, 0.2) is 46.7 Å². The van der Waals surface area contributed by atoms with Crippen molar-refractivity contribution in [2.24, 2.45) is 5.92 Å². The lowest BCUT2D eigenvalue weighted by molar-refractivity contribution is 0.186. The number of fused-ring (bicyclic) bond motifs is 3. The summed E-state index contributed by atoms with van der Waals surface area (Å²) in [5.74, 6) is 2.13. The van der Waals surface area contributed by atoms with Crippen LogP contribution in [0.4, 0.5) is 11.4 Å². The molecule has 0 radical (unpaired) electrons. The molecule has 4 heterocycles. The fourth-order valence-electron chi connectivity index (χ4n) is 5.76. The maximum Gasteiger partial charge on any atom is 0.141 e. The van der Waals surface area contributed by atoms with Gasteiger partial charge in [0.15, 0.2) is 0 Å². The van der Waals surface area contributed by atoms with E-state index in [4.69, 9.17) is 19.0 Å². The number of aryl methyl sites for hydroxylation is 2. The van der Waals surface area contributed by atoms with Gasteiger partial charge in [0.05, 0.1) is 47.6 Å². The van der Waals surface area contributed by atoms with Crippen LogP contribution in [0, 0.1) is 19.8 Å². The van der Waals surface area contributed by atoms with Crippen LogP contribution in [0.3, 0.4) is 0 Å². The van der Waals surface area contributed by atoms with Crippen molar-refractivity contribution in [3.63, 3.8) is 0 Å². The lowest BCUT2D eigenvalue weighted by Crippen LogP contribution is -2.40. The minimum absolute atomic E-state index is 0.0374. The van der Waals surface area contributed by atoms with Gasteiger partial charge in [-0.25, -0.2) is 0 Å². The highest BCUT2D eigenvalue weighted by Crippen LogP contribution is 2.45. The number of anilines is 2. The predicted molar refractivity (Wildman–Crippen MR) is 146 cm³/mol. The second kappa shape index (κ2) is 10.2. The summed E-state index contributed by atoms with van der Waals surface area (Å²) in [5, 5.41) is 12.4. The molecule has 2 unspecified atom stereocenters. The quantitative estimate of drug-likeness (QED) is 0.447. The average molecular weight is 502 g/mol. The Hall–Kier alpha value is -3.36. The van der Waals surface area contributed by atoms with Gasteiger partial charge in [0.25, 0.3) is 0 Å². The summed E-state index contributed by atoms with van der Waals surface area (Å²) in [6.07, 6.45) is 11.9. The van der Waals surface area contributed by atoms with Gasteiger partial charge in [-0.05, 0) is 51.8 Å². The number of hydrogen-bond donors (Lipinski definition) is 2. The van der Waals surface area contributed by atoms with Gasteiger partial charge >= 0.3 is 0 Å². The number of nitrogens with one attached hydrogen (secondary N) is 2. The molecule has 37 heavy (non-hydrogen) atoms. The first kappa shape index (κ1) is 24.0. The molecule has 8 heteroatoms. The van der Waals surface area contributed by atoms with Crippen LogP contribution in [0.1, 0.15) is 30.7 Å². The summed E-state index contributed by atoms with van der Waals surface area (Å²) in [4.78, 5) is 7.29. The van der Waals surface area contributed by atoms with Crippen LogP contribution in [0.25, 0.3) is 22.0 Å². The second-order valence-corrected chi connectivity index (χ2v) is 10.3. The molecule has 2 aromatic heterocycles. The highest BCUT2D eigenvalue weighted by Gasteiger charge is 2.32. The highest BCUT2D eigenvalue weighted by molar-refractivity contribution is 6.03. The average Bonchev–Trinajstić information content (AvgIpc) is 3.63. The number of benzene rings is 1. The number of nitrogens with zero attached hydrogens (tertiary/aromatic N) is 3. The fraction of sp³-hybridized carbons (Fsp3) is 0.448. The number of allylic oxidation sites excluding steroid dienone is 3. The molecule has 2 atom stereocenters. The first-order valence-corrected chi connectivity index (χ1v) is 13.2. The van der Waals surface area contributed by atoms with Gasteiger partial charge in [0.2, 0.25) is 0 Å². The predicted octanol–water partition coefficient (Wildman–Crippen LogP) is 4.98. The summed E-state index contributed by atoms with van der Waals surface area (Å²) in [7, 11) is 1.75. The molecule has 2 aliphatic heterocycles. The van der Waals surface area contributed by atoms with Gasteiger partial charge < -0.3 is 29.5 Å². The topological polar surface area (TPSA) is 84.7 Å².